The summed E-state index contributed by atoms with van der Waals surface area (Å²) in [4.78, 5) is 12.1. The highest BCUT2D eigenvalue weighted by Gasteiger charge is 2.31. The number of nitrogens with one attached hydrogen (secondary N) is 1. The smallest absolute Gasteiger partial charge is 0.340 e. The van der Waals surface area contributed by atoms with Crippen molar-refractivity contribution in [2.75, 3.05) is 13.6 Å². The van der Waals surface area contributed by atoms with Gasteiger partial charge in [-0.25, -0.2) is 4.79 Å². The normalized spacial score (nSPS) is 21.0. The third-order valence-corrected chi connectivity index (χ3v) is 3.42. The molecule has 0 amide bonds. The van der Waals surface area contributed by atoms with Crippen LogP contribution in [0.2, 0.25) is 0 Å². The molecule has 2 rings (SSSR count). The van der Waals surface area contributed by atoms with Crippen molar-refractivity contribution >= 4 is 5.97 Å². The van der Waals surface area contributed by atoms with Gasteiger partial charge in [0.1, 0.15) is 0 Å². The average molecular weight is 287 g/mol. The van der Waals surface area contributed by atoms with E-state index >= 15 is 0 Å². The lowest BCUT2D eigenvalue weighted by Crippen LogP contribution is -2.34. The van der Waals surface area contributed by atoms with E-state index in [0.29, 0.717) is 12.0 Å². The highest BCUT2D eigenvalue weighted by Crippen LogP contribution is 2.27. The Bertz CT molecular complexity index is 560. The van der Waals surface area contributed by atoms with E-state index in [2.05, 4.69) is 5.32 Å². The number of rotatable bonds is 5. The molecular weight excluding hydrogens is 266 g/mol. The molecular formula is C17H21NO3. The van der Waals surface area contributed by atoms with Crippen LogP contribution in [0.15, 0.2) is 48.1 Å². The third kappa shape index (κ3) is 4.28. The van der Waals surface area contributed by atoms with Crippen LogP contribution in [0.1, 0.15) is 28.8 Å². The zero-order valence-electron chi connectivity index (χ0n) is 12.4. The first-order chi connectivity index (χ1) is 10.0. The van der Waals surface area contributed by atoms with E-state index in [-0.39, 0.29) is 0 Å². The highest BCUT2D eigenvalue weighted by molar-refractivity contribution is 5.89. The van der Waals surface area contributed by atoms with Gasteiger partial charge in [-0.2, -0.15) is 0 Å². The third-order valence-electron chi connectivity index (χ3n) is 3.42. The number of aliphatic hydroxyl groups is 1. The molecule has 1 unspecified atom stereocenters. The summed E-state index contributed by atoms with van der Waals surface area (Å²) in [5.41, 5.74) is 2.56. The average Bonchev–Trinajstić information content (AvgIpc) is 2.45. The van der Waals surface area contributed by atoms with Gasteiger partial charge in [0, 0.05) is 6.42 Å². The van der Waals surface area contributed by atoms with Gasteiger partial charge in [0.2, 0.25) is 5.79 Å². The molecule has 0 aliphatic heterocycles. The molecule has 2 N–H and O–H groups in total. The maximum atomic E-state index is 12.1. The van der Waals surface area contributed by atoms with Gasteiger partial charge in [-0.15, -0.1) is 0 Å². The molecule has 0 aromatic heterocycles. The summed E-state index contributed by atoms with van der Waals surface area (Å²) < 4.78 is 5.28. The molecule has 4 heteroatoms. The van der Waals surface area contributed by atoms with Crippen molar-refractivity contribution in [2.24, 2.45) is 0 Å². The molecule has 1 aliphatic carbocycles. The van der Waals surface area contributed by atoms with Crippen LogP contribution in [-0.2, 0) is 4.74 Å². The Balaban J connectivity index is 2.01. The first-order valence-electron chi connectivity index (χ1n) is 7.07. The van der Waals surface area contributed by atoms with Crippen molar-refractivity contribution in [1.82, 2.24) is 5.32 Å². The molecule has 0 saturated heterocycles. The highest BCUT2D eigenvalue weighted by atomic mass is 16.7. The van der Waals surface area contributed by atoms with E-state index in [9.17, 15) is 9.90 Å². The van der Waals surface area contributed by atoms with Crippen molar-refractivity contribution in [2.45, 2.75) is 25.6 Å². The van der Waals surface area contributed by atoms with Crippen LogP contribution in [0.25, 0.3) is 0 Å². The van der Waals surface area contributed by atoms with Crippen LogP contribution in [-0.4, -0.2) is 30.5 Å². The second-order valence-corrected chi connectivity index (χ2v) is 5.31. The van der Waals surface area contributed by atoms with Gasteiger partial charge >= 0.3 is 5.97 Å². The van der Waals surface area contributed by atoms with Crippen LogP contribution in [0.5, 0.6) is 0 Å². The SMILES string of the molecule is CNCCC1=CC=CC(O)(OC(=O)c2ccc(C)cc2)C1. The molecule has 0 heterocycles. The first kappa shape index (κ1) is 15.5. The van der Waals surface area contributed by atoms with Gasteiger partial charge in [0.05, 0.1) is 5.56 Å². The van der Waals surface area contributed by atoms with Gasteiger partial charge in [0.15, 0.2) is 0 Å². The molecule has 1 aromatic rings. The number of esters is 1. The Morgan fingerprint density at radius 2 is 2.10 bits per heavy atom. The zero-order valence-corrected chi connectivity index (χ0v) is 12.4. The molecule has 0 saturated carbocycles. The number of carbonyl (C=O) groups is 1. The van der Waals surface area contributed by atoms with Crippen LogP contribution in [0, 0.1) is 6.92 Å². The minimum atomic E-state index is -1.56. The fourth-order valence-corrected chi connectivity index (χ4v) is 2.21. The Kier molecular flexibility index (Phi) is 4.94. The Labute approximate surface area is 125 Å². The van der Waals surface area contributed by atoms with Gasteiger partial charge in [-0.1, -0.05) is 35.4 Å². The molecule has 21 heavy (non-hydrogen) atoms. The summed E-state index contributed by atoms with van der Waals surface area (Å²) in [6.45, 7) is 2.77. The molecule has 1 atom stereocenters. The van der Waals surface area contributed by atoms with E-state index < -0.39 is 11.8 Å². The molecule has 0 bridgehead atoms. The van der Waals surface area contributed by atoms with Crippen LogP contribution in [0.4, 0.5) is 0 Å². The van der Waals surface area contributed by atoms with Crippen molar-refractivity contribution in [3.8, 4) is 0 Å². The lowest BCUT2D eigenvalue weighted by Gasteiger charge is -2.28. The predicted octanol–water partition coefficient (Wildman–Crippen LogP) is 2.34. The molecule has 0 spiro atoms. The number of carbonyl (C=O) groups excluding carboxylic acids is 1. The molecule has 112 valence electrons. The lowest BCUT2D eigenvalue weighted by atomic mass is 9.97. The van der Waals surface area contributed by atoms with E-state index in [1.54, 1.807) is 18.2 Å². The van der Waals surface area contributed by atoms with Crippen LogP contribution in [0.3, 0.4) is 0 Å². The minimum Gasteiger partial charge on any atom is -0.425 e. The standard InChI is InChI=1S/C17H21NO3/c1-13-5-7-15(8-6-13)16(19)21-17(20)10-3-4-14(12-17)9-11-18-2/h3-8,10,18,20H,9,11-12H2,1-2H3. The van der Waals surface area contributed by atoms with E-state index in [0.717, 1.165) is 24.1 Å². The van der Waals surface area contributed by atoms with Crippen LogP contribution < -0.4 is 5.32 Å². The van der Waals surface area contributed by atoms with Gasteiger partial charge in [-0.05, 0) is 45.1 Å². The van der Waals surface area contributed by atoms with Gasteiger partial charge in [-0.3, -0.25) is 0 Å². The summed E-state index contributed by atoms with van der Waals surface area (Å²) in [6, 6.07) is 7.09. The number of benzene rings is 1. The Hall–Kier alpha value is -1.91. The number of ether oxygens (including phenoxy) is 1. The largest absolute Gasteiger partial charge is 0.425 e. The molecule has 0 fully saturated rings. The summed E-state index contributed by atoms with van der Waals surface area (Å²) >= 11 is 0. The van der Waals surface area contributed by atoms with Crippen molar-refractivity contribution < 1.29 is 14.6 Å². The van der Waals surface area contributed by atoms with E-state index in [1.165, 1.54) is 6.08 Å². The van der Waals surface area contributed by atoms with Crippen molar-refractivity contribution in [3.05, 3.63) is 59.2 Å². The molecule has 1 aromatic carbocycles. The summed E-state index contributed by atoms with van der Waals surface area (Å²) in [5.74, 6) is -2.07. The lowest BCUT2D eigenvalue weighted by molar-refractivity contribution is -0.127. The molecule has 4 nitrogen and oxygen atoms in total. The number of allylic oxidation sites excluding steroid dienone is 2. The summed E-state index contributed by atoms with van der Waals surface area (Å²) in [6.07, 6.45) is 6.32. The monoisotopic (exact) mass is 287 g/mol. The Morgan fingerprint density at radius 1 is 1.38 bits per heavy atom. The minimum absolute atomic E-state index is 0.308. The fourth-order valence-electron chi connectivity index (χ4n) is 2.21. The van der Waals surface area contributed by atoms with E-state index in [1.807, 2.05) is 32.2 Å². The number of hydrogen-bond acceptors (Lipinski definition) is 4. The molecule has 1 aliphatic rings. The maximum absolute atomic E-state index is 12.1. The number of aryl methyl sites for hydroxylation is 1. The summed E-state index contributed by atoms with van der Waals surface area (Å²) in [7, 11) is 1.88. The quantitative estimate of drug-likeness (QED) is 0.644. The maximum Gasteiger partial charge on any atom is 0.340 e. The second-order valence-electron chi connectivity index (χ2n) is 5.31. The second kappa shape index (κ2) is 6.70. The first-order valence-corrected chi connectivity index (χ1v) is 7.07. The zero-order chi connectivity index (χ0) is 15.3. The van der Waals surface area contributed by atoms with Crippen LogP contribution >= 0.6 is 0 Å². The Morgan fingerprint density at radius 3 is 2.76 bits per heavy atom. The predicted molar refractivity (Wildman–Crippen MR) is 81.9 cm³/mol. The van der Waals surface area contributed by atoms with Gasteiger partial charge < -0.3 is 15.2 Å². The summed E-state index contributed by atoms with van der Waals surface area (Å²) in [5, 5.41) is 13.5. The number of hydrogen-bond donors (Lipinski definition) is 2. The van der Waals surface area contributed by atoms with Crippen molar-refractivity contribution in [1.29, 1.82) is 0 Å². The molecule has 0 radical (unpaired) electrons. The van der Waals surface area contributed by atoms with E-state index in [4.69, 9.17) is 4.74 Å². The van der Waals surface area contributed by atoms with Gasteiger partial charge in [0.25, 0.3) is 0 Å². The topological polar surface area (TPSA) is 58.6 Å². The fraction of sp³-hybridized carbons (Fsp3) is 0.353. The van der Waals surface area contributed by atoms with Crippen molar-refractivity contribution in [3.63, 3.8) is 0 Å².